The molecule has 0 bridgehead atoms. The van der Waals surface area contributed by atoms with Crippen molar-refractivity contribution in [3.05, 3.63) is 29.1 Å². The van der Waals surface area contributed by atoms with Crippen molar-refractivity contribution in [3.63, 3.8) is 0 Å². The van der Waals surface area contributed by atoms with Crippen LogP contribution in [0.5, 0.6) is 0 Å². The fraction of sp³-hybridized carbons (Fsp3) is 0.300. The van der Waals surface area contributed by atoms with E-state index in [4.69, 9.17) is 34.8 Å². The highest BCUT2D eigenvalue weighted by Gasteiger charge is 2.47. The first-order valence-corrected chi connectivity index (χ1v) is 6.13. The average molecular weight is 332 g/mol. The maximum atomic E-state index is 13.4. The Hall–Kier alpha value is -0.690. The molecule has 2 heterocycles. The topological polar surface area (TPSA) is 37.9 Å². The average Bonchev–Trinajstić information content (AvgIpc) is 2.76. The zero-order valence-corrected chi connectivity index (χ0v) is 11.1. The van der Waals surface area contributed by atoms with Crippen LogP contribution in [0, 0.1) is 0 Å². The second-order valence-electron chi connectivity index (χ2n) is 3.99. The molecule has 9 heteroatoms. The normalized spacial score (nSPS) is 21.9. The zero-order valence-electron chi connectivity index (χ0n) is 8.86. The predicted octanol–water partition coefficient (Wildman–Crippen LogP) is 4.44. The third kappa shape index (κ3) is 2.07. The summed E-state index contributed by atoms with van der Waals surface area (Å²) in [7, 11) is 0. The number of aromatic nitrogens is 2. The van der Waals surface area contributed by atoms with Crippen LogP contribution in [0.1, 0.15) is 23.3 Å². The molecule has 1 aromatic carbocycles. The molecule has 0 amide bonds. The Morgan fingerprint density at radius 2 is 2.00 bits per heavy atom. The molecule has 19 heavy (non-hydrogen) atoms. The number of ether oxygens (including phenoxy) is 1. The van der Waals surface area contributed by atoms with Gasteiger partial charge in [-0.15, -0.1) is 0 Å². The molecule has 1 N–H and O–H groups in total. The minimum Gasteiger partial charge on any atom is -0.338 e. The molecule has 2 aromatic rings. The molecule has 0 fully saturated rings. The maximum Gasteiger partial charge on any atom is 0.386 e. The highest BCUT2D eigenvalue weighted by molar-refractivity contribution is 6.66. The number of H-pyrrole nitrogens is 1. The molecular formula is C10H4Cl3F3N2O. The second-order valence-corrected chi connectivity index (χ2v) is 6.27. The van der Waals surface area contributed by atoms with E-state index in [1.807, 2.05) is 0 Å². The van der Waals surface area contributed by atoms with Crippen molar-refractivity contribution >= 4 is 45.8 Å². The van der Waals surface area contributed by atoms with Gasteiger partial charge < -0.3 is 4.98 Å². The summed E-state index contributed by atoms with van der Waals surface area (Å²) in [6, 6.07) is 2.18. The Morgan fingerprint density at radius 3 is 2.63 bits per heavy atom. The van der Waals surface area contributed by atoms with E-state index in [-0.39, 0.29) is 22.4 Å². The molecule has 1 aliphatic rings. The van der Waals surface area contributed by atoms with Gasteiger partial charge in [0, 0.05) is 5.56 Å². The number of alkyl halides is 6. The minimum absolute atomic E-state index is 0.0317. The smallest absolute Gasteiger partial charge is 0.338 e. The number of halogens is 6. The molecule has 1 aliphatic heterocycles. The van der Waals surface area contributed by atoms with Crippen LogP contribution in [0.15, 0.2) is 12.1 Å². The van der Waals surface area contributed by atoms with E-state index in [2.05, 4.69) is 14.7 Å². The summed E-state index contributed by atoms with van der Waals surface area (Å²) in [5, 5.41) is 0. The zero-order chi connectivity index (χ0) is 14.0. The highest BCUT2D eigenvalue weighted by Crippen LogP contribution is 2.47. The Kier molecular flexibility index (Phi) is 2.74. The molecule has 3 rings (SSSR count). The number of aromatic amines is 1. The van der Waals surface area contributed by atoms with E-state index in [0.29, 0.717) is 0 Å². The largest absolute Gasteiger partial charge is 0.386 e. The Bertz CT molecular complexity index is 668. The first-order chi connectivity index (χ1) is 8.68. The molecular weight excluding hydrogens is 327 g/mol. The van der Waals surface area contributed by atoms with Crippen molar-refractivity contribution < 1.29 is 17.9 Å². The molecule has 1 unspecified atom stereocenters. The number of nitrogens with zero attached hydrogens (tertiary/aromatic N) is 1. The lowest BCUT2D eigenvalue weighted by Gasteiger charge is -2.07. The molecule has 0 aliphatic carbocycles. The summed E-state index contributed by atoms with van der Waals surface area (Å²) in [5.41, 5.74) is -0.423. The van der Waals surface area contributed by atoms with E-state index < -0.39 is 21.8 Å². The van der Waals surface area contributed by atoms with Gasteiger partial charge in [0.2, 0.25) is 10.2 Å². The lowest BCUT2D eigenvalue weighted by Crippen LogP contribution is -2.10. The summed E-state index contributed by atoms with van der Waals surface area (Å²) in [4.78, 5) is 6.53. The van der Waals surface area contributed by atoms with Gasteiger partial charge >= 0.3 is 6.11 Å². The van der Waals surface area contributed by atoms with Gasteiger partial charge in [-0.3, -0.25) is 4.74 Å². The number of hydrogen-bond acceptors (Lipinski definition) is 2. The van der Waals surface area contributed by atoms with Crippen LogP contribution in [0.2, 0.25) is 0 Å². The number of rotatable bonds is 0. The van der Waals surface area contributed by atoms with Gasteiger partial charge in [-0.05, 0) is 12.1 Å². The third-order valence-electron chi connectivity index (χ3n) is 2.73. The predicted molar refractivity (Wildman–Crippen MR) is 64.2 cm³/mol. The number of benzene rings is 1. The molecule has 1 aromatic heterocycles. The molecule has 3 nitrogen and oxygen atoms in total. The molecule has 0 saturated carbocycles. The first kappa shape index (κ1) is 13.3. The van der Waals surface area contributed by atoms with Crippen molar-refractivity contribution in [3.8, 4) is 0 Å². The summed E-state index contributed by atoms with van der Waals surface area (Å²) in [5.74, 6) is -0.0317. The first-order valence-electron chi connectivity index (χ1n) is 4.99. The van der Waals surface area contributed by atoms with Crippen molar-refractivity contribution in [1.82, 2.24) is 9.97 Å². The van der Waals surface area contributed by atoms with Crippen LogP contribution in [0.4, 0.5) is 13.2 Å². The van der Waals surface area contributed by atoms with Crippen molar-refractivity contribution in [2.24, 2.45) is 0 Å². The van der Waals surface area contributed by atoms with Crippen molar-refractivity contribution in [2.75, 3.05) is 0 Å². The fourth-order valence-electron chi connectivity index (χ4n) is 1.90. The molecule has 0 spiro atoms. The van der Waals surface area contributed by atoms with Crippen molar-refractivity contribution in [1.29, 1.82) is 0 Å². The van der Waals surface area contributed by atoms with Crippen LogP contribution >= 0.6 is 34.8 Å². The van der Waals surface area contributed by atoms with Crippen LogP contribution in [0.3, 0.4) is 0 Å². The lowest BCUT2D eigenvalue weighted by atomic mass is 10.1. The van der Waals surface area contributed by atoms with Crippen LogP contribution in [-0.4, -0.2) is 9.97 Å². The van der Waals surface area contributed by atoms with Gasteiger partial charge in [-0.25, -0.2) is 9.37 Å². The summed E-state index contributed by atoms with van der Waals surface area (Å²) in [6.45, 7) is 0. The third-order valence-corrected chi connectivity index (χ3v) is 3.27. The highest BCUT2D eigenvalue weighted by atomic mass is 35.6. The summed E-state index contributed by atoms with van der Waals surface area (Å²) < 4.78 is 42.2. The standard InChI is InChI=1S/C10H4Cl3F3N2O/c11-9(12,13)8-17-5-1-3-4(2-6(5)18-8)10(15,16)19-7(3)14/h1-2,7H,(H,17,18). The van der Waals surface area contributed by atoms with E-state index in [1.165, 1.54) is 6.07 Å². The lowest BCUT2D eigenvalue weighted by molar-refractivity contribution is -0.280. The molecule has 1 atom stereocenters. The summed E-state index contributed by atoms with van der Waals surface area (Å²) >= 11 is 16.9. The number of fused-ring (bicyclic) bond motifs is 2. The minimum atomic E-state index is -3.69. The molecule has 102 valence electrons. The fourth-order valence-corrected chi connectivity index (χ4v) is 2.17. The van der Waals surface area contributed by atoms with Gasteiger partial charge in [0.15, 0.2) is 5.82 Å². The SMILES string of the molecule is FC1OC(F)(F)c2cc3nc(C(Cl)(Cl)Cl)[nH]c3cc21. The Balaban J connectivity index is 2.23. The van der Waals surface area contributed by atoms with E-state index >= 15 is 0 Å². The van der Waals surface area contributed by atoms with Crippen molar-refractivity contribution in [2.45, 2.75) is 16.3 Å². The quantitative estimate of drug-likeness (QED) is 0.725. The van der Waals surface area contributed by atoms with Gasteiger partial charge in [-0.2, -0.15) is 8.78 Å². The molecule has 0 saturated heterocycles. The van der Waals surface area contributed by atoms with Crippen LogP contribution < -0.4 is 0 Å². The monoisotopic (exact) mass is 330 g/mol. The molecule has 0 radical (unpaired) electrons. The van der Waals surface area contributed by atoms with E-state index in [1.54, 1.807) is 0 Å². The number of nitrogens with one attached hydrogen (secondary N) is 1. The van der Waals surface area contributed by atoms with Gasteiger partial charge in [0.1, 0.15) is 0 Å². The Morgan fingerprint density at radius 1 is 1.32 bits per heavy atom. The van der Waals surface area contributed by atoms with Gasteiger partial charge in [-0.1, -0.05) is 34.8 Å². The number of hydrogen-bond donors (Lipinski definition) is 1. The second kappa shape index (κ2) is 3.91. The van der Waals surface area contributed by atoms with Crippen LogP contribution in [-0.2, 0) is 14.6 Å². The summed E-state index contributed by atoms with van der Waals surface area (Å²) in [6.07, 6.45) is -5.89. The Labute approximate surface area is 119 Å². The van der Waals surface area contributed by atoms with E-state index in [9.17, 15) is 13.2 Å². The van der Waals surface area contributed by atoms with Crippen LogP contribution in [0.25, 0.3) is 11.0 Å². The number of imidazole rings is 1. The van der Waals surface area contributed by atoms with Gasteiger partial charge in [0.05, 0.1) is 16.6 Å². The van der Waals surface area contributed by atoms with E-state index in [0.717, 1.165) is 6.07 Å². The van der Waals surface area contributed by atoms with Gasteiger partial charge in [0.25, 0.3) is 0 Å². The maximum absolute atomic E-state index is 13.4.